The van der Waals surface area contributed by atoms with Gasteiger partial charge in [0.05, 0.1) is 6.10 Å². The molecule has 24 heavy (non-hydrogen) atoms. The van der Waals surface area contributed by atoms with Gasteiger partial charge in [-0.05, 0) is 73.5 Å². The van der Waals surface area contributed by atoms with Crippen LogP contribution in [0.3, 0.4) is 0 Å². The molecule has 0 saturated heterocycles. The van der Waals surface area contributed by atoms with Gasteiger partial charge in [-0.2, -0.15) is 0 Å². The van der Waals surface area contributed by atoms with Crippen molar-refractivity contribution in [1.82, 2.24) is 0 Å². The summed E-state index contributed by atoms with van der Waals surface area (Å²) in [6.07, 6.45) is 11.3. The average molecular weight is 332 g/mol. The van der Waals surface area contributed by atoms with Crippen molar-refractivity contribution in [2.75, 3.05) is 0 Å². The number of ether oxygens (including phenoxy) is 1. The molecule has 3 nitrogen and oxygen atoms in total. The normalized spacial score (nSPS) is 50.3. The summed E-state index contributed by atoms with van der Waals surface area (Å²) in [5, 5.41) is 10.5. The Kier molecular flexibility index (Phi) is 3.87. The van der Waals surface area contributed by atoms with Crippen LogP contribution < -0.4 is 0 Å². The first-order valence-corrected chi connectivity index (χ1v) is 9.89. The first kappa shape index (κ1) is 16.6. The number of allylic oxidation sites excluding steroid dienone is 1. The zero-order valence-corrected chi connectivity index (χ0v) is 15.4. The van der Waals surface area contributed by atoms with Gasteiger partial charge < -0.3 is 9.84 Å². The molecule has 134 valence electrons. The van der Waals surface area contributed by atoms with Crippen LogP contribution in [-0.2, 0) is 9.53 Å². The summed E-state index contributed by atoms with van der Waals surface area (Å²) < 4.78 is 5.51. The summed E-state index contributed by atoms with van der Waals surface area (Å²) in [6.45, 7) is 6.32. The molecular formula is C21H32O3. The lowest BCUT2D eigenvalue weighted by Crippen LogP contribution is -2.51. The van der Waals surface area contributed by atoms with Crippen LogP contribution in [0.25, 0.3) is 0 Å². The quantitative estimate of drug-likeness (QED) is 0.577. The number of aliphatic hydroxyl groups excluding tert-OH is 1. The first-order chi connectivity index (χ1) is 11.3. The van der Waals surface area contributed by atoms with E-state index in [4.69, 9.17) is 4.74 Å². The minimum atomic E-state index is -0.147. The van der Waals surface area contributed by atoms with Crippen molar-refractivity contribution in [1.29, 1.82) is 0 Å². The Morgan fingerprint density at radius 3 is 2.71 bits per heavy atom. The van der Waals surface area contributed by atoms with Crippen LogP contribution in [-0.4, -0.2) is 23.3 Å². The molecule has 0 aromatic carbocycles. The van der Waals surface area contributed by atoms with Crippen molar-refractivity contribution in [3.63, 3.8) is 0 Å². The smallest absolute Gasteiger partial charge is 0.302 e. The molecule has 0 aromatic heterocycles. The molecule has 0 bridgehead atoms. The second-order valence-electron chi connectivity index (χ2n) is 9.37. The van der Waals surface area contributed by atoms with Gasteiger partial charge in [0.25, 0.3) is 0 Å². The molecule has 3 heteroatoms. The van der Waals surface area contributed by atoms with E-state index in [0.29, 0.717) is 5.92 Å². The van der Waals surface area contributed by atoms with Crippen molar-refractivity contribution in [3.05, 3.63) is 11.6 Å². The van der Waals surface area contributed by atoms with Gasteiger partial charge in [0.2, 0.25) is 0 Å². The lowest BCUT2D eigenvalue weighted by Gasteiger charge is -2.57. The first-order valence-electron chi connectivity index (χ1n) is 9.89. The number of aliphatic hydroxyl groups is 1. The Labute approximate surface area is 145 Å². The Morgan fingerprint density at radius 1 is 1.17 bits per heavy atom. The molecule has 4 aliphatic rings. The lowest BCUT2D eigenvalue weighted by molar-refractivity contribution is -0.148. The number of hydrogen-bond acceptors (Lipinski definition) is 3. The number of fused-ring (bicyclic) bond motifs is 5. The molecular weight excluding hydrogens is 300 g/mol. The summed E-state index contributed by atoms with van der Waals surface area (Å²) >= 11 is 0. The Hall–Kier alpha value is -0.830. The zero-order chi connectivity index (χ0) is 17.1. The number of carbonyl (C=O) groups is 1. The molecule has 0 amide bonds. The minimum Gasteiger partial charge on any atom is -0.462 e. The monoisotopic (exact) mass is 332 g/mol. The van der Waals surface area contributed by atoms with Crippen LogP contribution in [0.15, 0.2) is 11.6 Å². The average Bonchev–Trinajstić information content (AvgIpc) is 2.83. The van der Waals surface area contributed by atoms with E-state index in [9.17, 15) is 9.90 Å². The van der Waals surface area contributed by atoms with E-state index >= 15 is 0 Å². The number of hydrogen-bond donors (Lipinski definition) is 1. The maximum atomic E-state index is 11.3. The van der Waals surface area contributed by atoms with Gasteiger partial charge in [-0.25, -0.2) is 0 Å². The molecule has 0 radical (unpaired) electrons. The predicted octanol–water partition coefficient (Wildman–Crippen LogP) is 4.24. The molecule has 1 N–H and O–H groups in total. The van der Waals surface area contributed by atoms with Gasteiger partial charge in [0.15, 0.2) is 0 Å². The van der Waals surface area contributed by atoms with Gasteiger partial charge in [-0.15, -0.1) is 0 Å². The van der Waals surface area contributed by atoms with Gasteiger partial charge in [-0.1, -0.05) is 25.5 Å². The maximum absolute atomic E-state index is 11.3. The Morgan fingerprint density at radius 2 is 1.96 bits per heavy atom. The van der Waals surface area contributed by atoms with E-state index in [0.717, 1.165) is 43.9 Å². The highest BCUT2D eigenvalue weighted by Gasteiger charge is 2.58. The van der Waals surface area contributed by atoms with Crippen LogP contribution in [0.2, 0.25) is 0 Å². The summed E-state index contributed by atoms with van der Waals surface area (Å²) in [6, 6.07) is 0. The fourth-order valence-corrected chi connectivity index (χ4v) is 6.94. The van der Waals surface area contributed by atoms with Crippen LogP contribution in [0, 0.1) is 28.6 Å². The second kappa shape index (κ2) is 5.59. The van der Waals surface area contributed by atoms with E-state index in [1.54, 1.807) is 5.57 Å². The molecule has 0 aliphatic heterocycles. The SMILES string of the molecule is CC(=O)O[C@H]1CC[C@@]2(C)C(=CC[C@H]3[C@@H]4CC[C@@H](O)[C@@]4(C)CC[C@@H]32)C1. The fourth-order valence-electron chi connectivity index (χ4n) is 6.94. The topological polar surface area (TPSA) is 46.5 Å². The summed E-state index contributed by atoms with van der Waals surface area (Å²) in [5.41, 5.74) is 1.98. The summed E-state index contributed by atoms with van der Waals surface area (Å²) in [5.74, 6) is 2.03. The molecule has 0 aromatic rings. The van der Waals surface area contributed by atoms with E-state index in [1.807, 2.05) is 0 Å². The summed E-state index contributed by atoms with van der Waals surface area (Å²) in [4.78, 5) is 11.3. The third-order valence-electron chi connectivity index (χ3n) is 8.34. The molecule has 4 aliphatic carbocycles. The Balaban J connectivity index is 1.59. The molecule has 3 fully saturated rings. The van der Waals surface area contributed by atoms with Gasteiger partial charge in [-0.3, -0.25) is 4.79 Å². The molecule has 3 saturated carbocycles. The van der Waals surface area contributed by atoms with Gasteiger partial charge >= 0.3 is 5.97 Å². The largest absolute Gasteiger partial charge is 0.462 e. The highest BCUT2D eigenvalue weighted by Crippen LogP contribution is 2.64. The van der Waals surface area contributed by atoms with E-state index in [2.05, 4.69) is 19.9 Å². The predicted molar refractivity (Wildman–Crippen MR) is 93.3 cm³/mol. The van der Waals surface area contributed by atoms with E-state index in [1.165, 1.54) is 26.2 Å². The third-order valence-corrected chi connectivity index (χ3v) is 8.34. The number of esters is 1. The van der Waals surface area contributed by atoms with Crippen LogP contribution in [0.5, 0.6) is 0 Å². The second-order valence-corrected chi connectivity index (χ2v) is 9.37. The van der Waals surface area contributed by atoms with E-state index in [-0.39, 0.29) is 29.0 Å². The number of rotatable bonds is 1. The van der Waals surface area contributed by atoms with Crippen molar-refractivity contribution < 1.29 is 14.6 Å². The minimum absolute atomic E-state index is 0.0838. The molecule has 0 unspecified atom stereocenters. The maximum Gasteiger partial charge on any atom is 0.302 e. The van der Waals surface area contributed by atoms with Gasteiger partial charge in [0.1, 0.15) is 6.10 Å². The van der Waals surface area contributed by atoms with Crippen LogP contribution in [0.4, 0.5) is 0 Å². The van der Waals surface area contributed by atoms with Gasteiger partial charge in [0, 0.05) is 13.3 Å². The zero-order valence-electron chi connectivity index (χ0n) is 15.4. The van der Waals surface area contributed by atoms with Crippen molar-refractivity contribution in [2.45, 2.75) is 84.3 Å². The summed E-state index contributed by atoms with van der Waals surface area (Å²) in [7, 11) is 0. The van der Waals surface area contributed by atoms with Crippen LogP contribution in [0.1, 0.15) is 72.1 Å². The standard InChI is InChI=1S/C21H32O3/c1-13(22)24-15-8-10-20(2)14(12-15)4-5-16-17-6-7-19(23)21(17,3)11-9-18(16)20/h4,15-19,23H,5-12H2,1-3H3/t15-,16-,17-,18-,19+,20-,21-/m0/s1. The molecule has 7 atom stereocenters. The lowest BCUT2D eigenvalue weighted by atomic mass is 9.48. The molecule has 0 heterocycles. The highest BCUT2D eigenvalue weighted by atomic mass is 16.5. The molecule has 0 spiro atoms. The van der Waals surface area contributed by atoms with Crippen molar-refractivity contribution >= 4 is 5.97 Å². The van der Waals surface area contributed by atoms with Crippen LogP contribution >= 0.6 is 0 Å². The van der Waals surface area contributed by atoms with Crippen molar-refractivity contribution in [3.8, 4) is 0 Å². The Bertz CT molecular complexity index is 567. The highest BCUT2D eigenvalue weighted by molar-refractivity contribution is 5.66. The van der Waals surface area contributed by atoms with E-state index < -0.39 is 0 Å². The number of carbonyl (C=O) groups excluding carboxylic acids is 1. The molecule has 4 rings (SSSR count). The third kappa shape index (κ3) is 2.30. The van der Waals surface area contributed by atoms with Crippen molar-refractivity contribution in [2.24, 2.45) is 28.6 Å². The fraction of sp³-hybridized carbons (Fsp3) is 0.857.